The fourth-order valence-electron chi connectivity index (χ4n) is 1.95. The minimum absolute atomic E-state index is 0.192. The smallest absolute Gasteiger partial charge is 0.390 e. The number of hydrogen-bond acceptors (Lipinski definition) is 6. The predicted octanol–water partition coefficient (Wildman–Crippen LogP) is 0.600. The molecule has 0 spiro atoms. The van der Waals surface area contributed by atoms with Crippen LogP contribution in [-0.2, 0) is 10.9 Å². The number of nitrogens with zero attached hydrogens (tertiary/aromatic N) is 3. The number of morpholine rings is 1. The maximum Gasteiger partial charge on any atom is 0.435 e. The van der Waals surface area contributed by atoms with Crippen LogP contribution in [0.2, 0.25) is 0 Å². The first-order chi connectivity index (χ1) is 9.95. The second kappa shape index (κ2) is 7.01. The molecule has 2 heterocycles. The van der Waals surface area contributed by atoms with Crippen molar-refractivity contribution in [1.29, 1.82) is 0 Å². The van der Waals surface area contributed by atoms with E-state index in [0.29, 0.717) is 19.8 Å². The summed E-state index contributed by atoms with van der Waals surface area (Å²) in [6, 6.07) is 2.04. The minimum atomic E-state index is -4.50. The van der Waals surface area contributed by atoms with Gasteiger partial charge in [0.25, 0.3) is 0 Å². The lowest BCUT2D eigenvalue weighted by atomic mass is 10.3. The Morgan fingerprint density at radius 2 is 2.00 bits per heavy atom. The van der Waals surface area contributed by atoms with Crippen molar-refractivity contribution in [2.45, 2.75) is 12.3 Å². The first kappa shape index (κ1) is 15.9. The van der Waals surface area contributed by atoms with E-state index in [1.54, 1.807) is 0 Å². The van der Waals surface area contributed by atoms with Crippen molar-refractivity contribution in [3.8, 4) is 0 Å². The van der Waals surface area contributed by atoms with Gasteiger partial charge in [-0.05, 0) is 12.1 Å². The van der Waals surface area contributed by atoms with Crippen molar-refractivity contribution >= 4 is 5.82 Å². The van der Waals surface area contributed by atoms with Gasteiger partial charge in [0.2, 0.25) is 0 Å². The summed E-state index contributed by atoms with van der Waals surface area (Å²) in [5.41, 5.74) is -1.04. The highest BCUT2D eigenvalue weighted by atomic mass is 19.4. The molecule has 0 aliphatic carbocycles. The molecule has 2 rings (SSSR count). The summed E-state index contributed by atoms with van der Waals surface area (Å²) in [4.78, 5) is 2.06. The molecule has 21 heavy (non-hydrogen) atoms. The first-order valence-corrected chi connectivity index (χ1v) is 6.58. The second-order valence-electron chi connectivity index (χ2n) is 4.75. The Labute approximate surface area is 119 Å². The van der Waals surface area contributed by atoms with Crippen LogP contribution in [0.15, 0.2) is 12.1 Å². The standard InChI is InChI=1S/C12H17F3N4O2/c13-12(14,15)10-1-2-11(18-17-10)16-7-9(20)8-19-3-5-21-6-4-19/h1-2,9,20H,3-8H2,(H,16,18). The fraction of sp³-hybridized carbons (Fsp3) is 0.667. The van der Waals surface area contributed by atoms with Gasteiger partial charge in [0, 0.05) is 26.2 Å². The Kier molecular flexibility index (Phi) is 5.32. The highest BCUT2D eigenvalue weighted by Crippen LogP contribution is 2.26. The molecule has 0 saturated carbocycles. The molecule has 6 nitrogen and oxygen atoms in total. The first-order valence-electron chi connectivity index (χ1n) is 6.58. The zero-order chi connectivity index (χ0) is 15.3. The third kappa shape index (κ3) is 5.10. The number of rotatable bonds is 5. The summed E-state index contributed by atoms with van der Waals surface area (Å²) in [7, 11) is 0. The van der Waals surface area contributed by atoms with Crippen LogP contribution in [0.25, 0.3) is 0 Å². The Bertz CT molecular complexity index is 435. The van der Waals surface area contributed by atoms with E-state index in [4.69, 9.17) is 4.74 Å². The number of halogens is 3. The van der Waals surface area contributed by atoms with Crippen LogP contribution < -0.4 is 5.32 Å². The van der Waals surface area contributed by atoms with E-state index < -0.39 is 18.0 Å². The van der Waals surface area contributed by atoms with Crippen molar-refractivity contribution < 1.29 is 23.0 Å². The van der Waals surface area contributed by atoms with Crippen molar-refractivity contribution in [2.75, 3.05) is 44.7 Å². The molecule has 0 aromatic carbocycles. The van der Waals surface area contributed by atoms with Crippen LogP contribution in [-0.4, -0.2) is 65.7 Å². The van der Waals surface area contributed by atoms with Crippen molar-refractivity contribution in [2.24, 2.45) is 0 Å². The zero-order valence-electron chi connectivity index (χ0n) is 11.3. The van der Waals surface area contributed by atoms with E-state index in [0.717, 1.165) is 19.2 Å². The molecule has 1 saturated heterocycles. The number of β-amino-alcohol motifs (C(OH)–C–C–N with tert-alkyl or cyclic N) is 1. The molecule has 1 unspecified atom stereocenters. The maximum atomic E-state index is 12.3. The third-order valence-corrected chi connectivity index (χ3v) is 3.05. The number of anilines is 1. The van der Waals surface area contributed by atoms with Gasteiger partial charge in [-0.1, -0.05) is 0 Å². The van der Waals surface area contributed by atoms with Crippen LogP contribution in [0.4, 0.5) is 19.0 Å². The van der Waals surface area contributed by atoms with Gasteiger partial charge in [-0.15, -0.1) is 10.2 Å². The Morgan fingerprint density at radius 1 is 1.29 bits per heavy atom. The van der Waals surface area contributed by atoms with Gasteiger partial charge in [-0.2, -0.15) is 13.2 Å². The monoisotopic (exact) mass is 306 g/mol. The normalized spacial score (nSPS) is 18.5. The number of aromatic nitrogens is 2. The summed E-state index contributed by atoms with van der Waals surface area (Å²) in [5.74, 6) is 0.198. The second-order valence-corrected chi connectivity index (χ2v) is 4.75. The molecule has 9 heteroatoms. The molecule has 1 aromatic heterocycles. The van der Waals surface area contributed by atoms with Gasteiger partial charge in [-0.25, -0.2) is 0 Å². The number of hydrogen-bond donors (Lipinski definition) is 2. The average molecular weight is 306 g/mol. The average Bonchev–Trinajstić information content (AvgIpc) is 2.46. The third-order valence-electron chi connectivity index (χ3n) is 3.05. The van der Waals surface area contributed by atoms with Gasteiger partial charge in [0.15, 0.2) is 5.69 Å². The van der Waals surface area contributed by atoms with E-state index in [9.17, 15) is 18.3 Å². The van der Waals surface area contributed by atoms with Crippen molar-refractivity contribution in [3.63, 3.8) is 0 Å². The summed E-state index contributed by atoms with van der Waals surface area (Å²) in [5, 5.41) is 19.2. The van der Waals surface area contributed by atoms with Crippen LogP contribution >= 0.6 is 0 Å². The van der Waals surface area contributed by atoms with Crippen molar-refractivity contribution in [1.82, 2.24) is 15.1 Å². The lowest BCUT2D eigenvalue weighted by Gasteiger charge is -2.28. The van der Waals surface area contributed by atoms with E-state index in [2.05, 4.69) is 20.4 Å². The van der Waals surface area contributed by atoms with Crippen LogP contribution in [0, 0.1) is 0 Å². The lowest BCUT2D eigenvalue weighted by Crippen LogP contribution is -2.42. The summed E-state index contributed by atoms with van der Waals surface area (Å²) in [6.07, 6.45) is -5.14. The minimum Gasteiger partial charge on any atom is -0.390 e. The molecule has 1 atom stereocenters. The molecular formula is C12H17F3N4O2. The van der Waals surface area contributed by atoms with Gasteiger partial charge < -0.3 is 15.2 Å². The van der Waals surface area contributed by atoms with Crippen LogP contribution in [0.1, 0.15) is 5.69 Å². The number of alkyl halides is 3. The molecule has 0 radical (unpaired) electrons. The molecule has 0 amide bonds. The van der Waals surface area contributed by atoms with Gasteiger partial charge in [-0.3, -0.25) is 4.90 Å². The topological polar surface area (TPSA) is 70.5 Å². The van der Waals surface area contributed by atoms with Crippen LogP contribution in [0.3, 0.4) is 0 Å². The summed E-state index contributed by atoms with van der Waals surface area (Å²) < 4.78 is 42.1. The molecule has 118 valence electrons. The molecular weight excluding hydrogens is 289 g/mol. The number of nitrogens with one attached hydrogen (secondary N) is 1. The molecule has 1 aliphatic heterocycles. The quantitative estimate of drug-likeness (QED) is 0.830. The van der Waals surface area contributed by atoms with Crippen LogP contribution in [0.5, 0.6) is 0 Å². The fourth-order valence-corrected chi connectivity index (χ4v) is 1.95. The molecule has 1 fully saturated rings. The van der Waals surface area contributed by atoms with E-state index in [1.165, 1.54) is 6.07 Å². The van der Waals surface area contributed by atoms with Gasteiger partial charge in [0.1, 0.15) is 5.82 Å². The van der Waals surface area contributed by atoms with E-state index >= 15 is 0 Å². The summed E-state index contributed by atoms with van der Waals surface area (Å²) >= 11 is 0. The highest BCUT2D eigenvalue weighted by molar-refractivity contribution is 5.33. The number of aliphatic hydroxyl groups excluding tert-OH is 1. The lowest BCUT2D eigenvalue weighted by molar-refractivity contribution is -0.141. The van der Waals surface area contributed by atoms with Crippen molar-refractivity contribution in [3.05, 3.63) is 17.8 Å². The zero-order valence-corrected chi connectivity index (χ0v) is 11.3. The Morgan fingerprint density at radius 3 is 2.57 bits per heavy atom. The van der Waals surface area contributed by atoms with Gasteiger partial charge >= 0.3 is 6.18 Å². The van der Waals surface area contributed by atoms with Gasteiger partial charge in [0.05, 0.1) is 19.3 Å². The molecule has 0 bridgehead atoms. The maximum absolute atomic E-state index is 12.3. The Balaban J connectivity index is 1.76. The molecule has 1 aromatic rings. The van der Waals surface area contributed by atoms with E-state index in [-0.39, 0.29) is 12.4 Å². The summed E-state index contributed by atoms with van der Waals surface area (Å²) in [6.45, 7) is 3.48. The number of aliphatic hydroxyl groups is 1. The highest BCUT2D eigenvalue weighted by Gasteiger charge is 2.32. The SMILES string of the molecule is OC(CNc1ccc(C(F)(F)F)nn1)CN1CCOCC1. The van der Waals surface area contributed by atoms with E-state index in [1.807, 2.05) is 0 Å². The number of ether oxygens (including phenoxy) is 1. The molecule has 1 aliphatic rings. The Hall–Kier alpha value is -1.45. The predicted molar refractivity (Wildman–Crippen MR) is 68.8 cm³/mol. The molecule has 2 N–H and O–H groups in total. The largest absolute Gasteiger partial charge is 0.435 e.